The molecule has 1 amide bonds. The quantitative estimate of drug-likeness (QED) is 0.677. The van der Waals surface area contributed by atoms with Crippen molar-refractivity contribution < 1.29 is 9.72 Å². The van der Waals surface area contributed by atoms with Crippen LogP contribution in [-0.2, 0) is 0 Å². The van der Waals surface area contributed by atoms with E-state index in [1.807, 2.05) is 4.90 Å². The zero-order valence-corrected chi connectivity index (χ0v) is 13.2. The number of non-ortho nitro benzene ring substituents is 1. The van der Waals surface area contributed by atoms with Crippen LogP contribution in [0.2, 0.25) is 0 Å². The van der Waals surface area contributed by atoms with Gasteiger partial charge in [0.1, 0.15) is 0 Å². The third-order valence-electron chi connectivity index (χ3n) is 4.39. The first-order valence-corrected chi connectivity index (χ1v) is 7.87. The molecule has 1 aromatic heterocycles. The zero-order chi connectivity index (χ0) is 17.1. The number of hydrogen-bond acceptors (Lipinski definition) is 5. The second-order valence-electron chi connectivity index (χ2n) is 5.92. The monoisotopic (exact) mass is 329 g/mol. The molecule has 0 unspecified atom stereocenters. The fourth-order valence-corrected chi connectivity index (χ4v) is 2.86. The molecule has 2 heterocycles. The molecule has 1 aliphatic heterocycles. The summed E-state index contributed by atoms with van der Waals surface area (Å²) in [7, 11) is 0. The van der Waals surface area contributed by atoms with Gasteiger partial charge in [-0.2, -0.15) is 5.10 Å². The number of rotatable bonds is 4. The summed E-state index contributed by atoms with van der Waals surface area (Å²) in [4.78, 5) is 24.6. The molecule has 0 atom stereocenters. The lowest BCUT2D eigenvalue weighted by Gasteiger charge is -2.31. The SMILES string of the molecule is NCC1CCN(C(=O)c2cnn(-c3ccc([N+](=O)[O-])cc3)c2)CC1. The molecule has 1 fully saturated rings. The smallest absolute Gasteiger partial charge is 0.269 e. The molecule has 3 rings (SSSR count). The van der Waals surface area contributed by atoms with Gasteiger partial charge >= 0.3 is 0 Å². The normalized spacial score (nSPS) is 15.5. The predicted octanol–water partition coefficient (Wildman–Crippen LogP) is 1.59. The number of carbonyl (C=O) groups excluding carboxylic acids is 1. The second-order valence-corrected chi connectivity index (χ2v) is 5.92. The van der Waals surface area contributed by atoms with E-state index in [9.17, 15) is 14.9 Å². The molecular weight excluding hydrogens is 310 g/mol. The zero-order valence-electron chi connectivity index (χ0n) is 13.2. The molecular formula is C16H19N5O3. The van der Waals surface area contributed by atoms with Crippen LogP contribution < -0.4 is 5.73 Å². The standard InChI is InChI=1S/C16H19N5O3/c17-9-12-5-7-19(8-6-12)16(22)13-10-18-20(11-13)14-1-3-15(4-2-14)21(23)24/h1-4,10-12H,5-9,17H2. The third kappa shape index (κ3) is 3.28. The summed E-state index contributed by atoms with van der Waals surface area (Å²) >= 11 is 0. The highest BCUT2D eigenvalue weighted by atomic mass is 16.6. The van der Waals surface area contributed by atoms with Crippen molar-refractivity contribution in [3.8, 4) is 5.69 Å². The maximum Gasteiger partial charge on any atom is 0.269 e. The number of benzene rings is 1. The van der Waals surface area contributed by atoms with Crippen molar-refractivity contribution in [3.63, 3.8) is 0 Å². The average molecular weight is 329 g/mol. The number of nitro benzene ring substituents is 1. The van der Waals surface area contributed by atoms with Gasteiger partial charge < -0.3 is 10.6 Å². The lowest BCUT2D eigenvalue weighted by atomic mass is 9.97. The van der Waals surface area contributed by atoms with Gasteiger partial charge in [-0.05, 0) is 37.4 Å². The van der Waals surface area contributed by atoms with Crippen LogP contribution in [0.1, 0.15) is 23.2 Å². The molecule has 0 bridgehead atoms. The van der Waals surface area contributed by atoms with Gasteiger partial charge in [-0.1, -0.05) is 0 Å². The predicted molar refractivity (Wildman–Crippen MR) is 87.9 cm³/mol. The molecule has 1 saturated heterocycles. The first kappa shape index (κ1) is 16.1. The highest BCUT2D eigenvalue weighted by Gasteiger charge is 2.23. The molecule has 8 heteroatoms. The molecule has 1 aliphatic rings. The Balaban J connectivity index is 1.71. The van der Waals surface area contributed by atoms with E-state index in [-0.39, 0.29) is 11.6 Å². The maximum absolute atomic E-state index is 12.5. The molecule has 0 spiro atoms. The molecule has 0 radical (unpaired) electrons. The lowest BCUT2D eigenvalue weighted by Crippen LogP contribution is -2.39. The van der Waals surface area contributed by atoms with Gasteiger partial charge in [-0.15, -0.1) is 0 Å². The maximum atomic E-state index is 12.5. The Hall–Kier alpha value is -2.74. The van der Waals surface area contributed by atoms with Crippen LogP contribution in [0, 0.1) is 16.0 Å². The van der Waals surface area contributed by atoms with Crippen LogP contribution in [0.25, 0.3) is 5.69 Å². The van der Waals surface area contributed by atoms with E-state index in [0.717, 1.165) is 12.8 Å². The van der Waals surface area contributed by atoms with Gasteiger partial charge in [0.05, 0.1) is 22.4 Å². The third-order valence-corrected chi connectivity index (χ3v) is 4.39. The summed E-state index contributed by atoms with van der Waals surface area (Å²) in [5, 5.41) is 14.9. The minimum atomic E-state index is -0.452. The highest BCUT2D eigenvalue weighted by molar-refractivity contribution is 5.93. The van der Waals surface area contributed by atoms with Crippen LogP contribution in [0.4, 0.5) is 5.69 Å². The summed E-state index contributed by atoms with van der Waals surface area (Å²) in [6.07, 6.45) is 5.04. The minimum Gasteiger partial charge on any atom is -0.339 e. The van der Waals surface area contributed by atoms with Gasteiger partial charge in [0, 0.05) is 31.4 Å². The number of piperidine rings is 1. The minimum absolute atomic E-state index is 0.0185. The molecule has 2 aromatic rings. The number of nitrogens with zero attached hydrogens (tertiary/aromatic N) is 4. The summed E-state index contributed by atoms with van der Waals surface area (Å²) in [6, 6.07) is 6.03. The second kappa shape index (κ2) is 6.79. The number of carbonyl (C=O) groups is 1. The van der Waals surface area contributed by atoms with Crippen molar-refractivity contribution in [2.75, 3.05) is 19.6 Å². The summed E-state index contributed by atoms with van der Waals surface area (Å²) in [5.41, 5.74) is 6.87. The number of nitrogens with two attached hydrogens (primary N) is 1. The summed E-state index contributed by atoms with van der Waals surface area (Å²) in [6.45, 7) is 2.09. The fraction of sp³-hybridized carbons (Fsp3) is 0.375. The Morgan fingerprint density at radius 1 is 1.29 bits per heavy atom. The van der Waals surface area contributed by atoms with Crippen molar-refractivity contribution in [2.24, 2.45) is 11.7 Å². The van der Waals surface area contributed by atoms with Crippen molar-refractivity contribution in [1.82, 2.24) is 14.7 Å². The van der Waals surface area contributed by atoms with Crippen molar-refractivity contribution in [2.45, 2.75) is 12.8 Å². The van der Waals surface area contributed by atoms with E-state index in [4.69, 9.17) is 5.73 Å². The Labute approximate surface area is 139 Å². The van der Waals surface area contributed by atoms with Crippen LogP contribution in [0.5, 0.6) is 0 Å². The van der Waals surface area contributed by atoms with E-state index in [2.05, 4.69) is 5.10 Å². The van der Waals surface area contributed by atoms with Gasteiger partial charge in [-0.3, -0.25) is 14.9 Å². The molecule has 126 valence electrons. The van der Waals surface area contributed by atoms with Crippen LogP contribution in [0.3, 0.4) is 0 Å². The Morgan fingerprint density at radius 2 is 1.96 bits per heavy atom. The Morgan fingerprint density at radius 3 is 2.54 bits per heavy atom. The van der Waals surface area contributed by atoms with Crippen LogP contribution >= 0.6 is 0 Å². The van der Waals surface area contributed by atoms with Gasteiger partial charge in [0.2, 0.25) is 0 Å². The van der Waals surface area contributed by atoms with Crippen LogP contribution in [0.15, 0.2) is 36.7 Å². The van der Waals surface area contributed by atoms with Crippen molar-refractivity contribution in [3.05, 3.63) is 52.3 Å². The Bertz CT molecular complexity index is 732. The molecule has 0 aliphatic carbocycles. The molecule has 24 heavy (non-hydrogen) atoms. The fourth-order valence-electron chi connectivity index (χ4n) is 2.86. The molecule has 2 N–H and O–H groups in total. The highest BCUT2D eigenvalue weighted by Crippen LogP contribution is 2.19. The van der Waals surface area contributed by atoms with Crippen molar-refractivity contribution >= 4 is 11.6 Å². The number of likely N-dealkylation sites (tertiary alicyclic amines) is 1. The number of amides is 1. The van der Waals surface area contributed by atoms with E-state index < -0.39 is 4.92 Å². The summed E-state index contributed by atoms with van der Waals surface area (Å²) in [5.74, 6) is 0.454. The average Bonchev–Trinajstić information content (AvgIpc) is 3.11. The molecule has 0 saturated carbocycles. The Kier molecular flexibility index (Phi) is 4.57. The van der Waals surface area contributed by atoms with E-state index in [1.54, 1.807) is 23.0 Å². The topological polar surface area (TPSA) is 107 Å². The molecule has 8 nitrogen and oxygen atoms in total. The first-order valence-electron chi connectivity index (χ1n) is 7.87. The van der Waals surface area contributed by atoms with Gasteiger partial charge in [0.15, 0.2) is 0 Å². The van der Waals surface area contributed by atoms with E-state index in [1.165, 1.54) is 18.3 Å². The lowest BCUT2D eigenvalue weighted by molar-refractivity contribution is -0.384. The number of hydrogen-bond donors (Lipinski definition) is 1. The van der Waals surface area contributed by atoms with Gasteiger partial charge in [-0.25, -0.2) is 4.68 Å². The van der Waals surface area contributed by atoms with E-state index >= 15 is 0 Å². The van der Waals surface area contributed by atoms with E-state index in [0.29, 0.717) is 36.8 Å². The number of aromatic nitrogens is 2. The van der Waals surface area contributed by atoms with Crippen LogP contribution in [-0.4, -0.2) is 45.1 Å². The van der Waals surface area contributed by atoms with Crippen molar-refractivity contribution in [1.29, 1.82) is 0 Å². The number of nitro groups is 1. The molecule has 1 aromatic carbocycles. The summed E-state index contributed by atoms with van der Waals surface area (Å²) < 4.78 is 1.55. The van der Waals surface area contributed by atoms with Gasteiger partial charge in [0.25, 0.3) is 11.6 Å². The largest absolute Gasteiger partial charge is 0.339 e. The first-order chi connectivity index (χ1) is 11.6.